The molecule has 2 rings (SSSR count). The molecule has 6 nitrogen and oxygen atoms in total. The number of alkyl halides is 6. The third kappa shape index (κ3) is 5.38. The number of rotatable bonds is 6. The standard InChI is InChI=1S/C16H16F6N4O2/c1-8(7-27)23-14-25-12(16(20,21)22)6-13(26-14)24-9-3-4-11(28-2)10(5-9)15(17,18)19/h3-6,8,27H,7H2,1-2H3,(H2,23,24,25,26)/t8-/m0/s1. The topological polar surface area (TPSA) is 79.3 Å². The second-order valence-electron chi connectivity index (χ2n) is 5.73. The van der Waals surface area contributed by atoms with Gasteiger partial charge in [-0.1, -0.05) is 0 Å². The van der Waals surface area contributed by atoms with Gasteiger partial charge in [0.05, 0.1) is 19.3 Å². The monoisotopic (exact) mass is 410 g/mol. The van der Waals surface area contributed by atoms with Crippen LogP contribution in [0.15, 0.2) is 24.3 Å². The van der Waals surface area contributed by atoms with Crippen molar-refractivity contribution in [3.05, 3.63) is 35.5 Å². The Labute approximate surface area is 155 Å². The highest BCUT2D eigenvalue weighted by atomic mass is 19.4. The number of nitrogens with one attached hydrogen (secondary N) is 2. The fourth-order valence-corrected chi connectivity index (χ4v) is 2.14. The largest absolute Gasteiger partial charge is 0.496 e. The Kier molecular flexibility index (Phi) is 6.22. The molecule has 0 saturated heterocycles. The number of benzene rings is 1. The number of ether oxygens (including phenoxy) is 1. The lowest BCUT2D eigenvalue weighted by Crippen LogP contribution is -2.22. The maximum atomic E-state index is 13.1. The van der Waals surface area contributed by atoms with Crippen molar-refractivity contribution in [2.24, 2.45) is 0 Å². The average molecular weight is 410 g/mol. The van der Waals surface area contributed by atoms with E-state index < -0.39 is 48.0 Å². The van der Waals surface area contributed by atoms with E-state index >= 15 is 0 Å². The summed E-state index contributed by atoms with van der Waals surface area (Å²) in [6, 6.07) is 2.84. The van der Waals surface area contributed by atoms with Gasteiger partial charge in [-0.25, -0.2) is 4.98 Å². The summed E-state index contributed by atoms with van der Waals surface area (Å²) < 4.78 is 83.2. The van der Waals surface area contributed by atoms with Crippen LogP contribution >= 0.6 is 0 Å². The van der Waals surface area contributed by atoms with E-state index in [1.165, 1.54) is 13.0 Å². The molecule has 28 heavy (non-hydrogen) atoms. The number of aliphatic hydroxyl groups is 1. The molecule has 1 aromatic heterocycles. The smallest absolute Gasteiger partial charge is 0.433 e. The minimum absolute atomic E-state index is 0.152. The summed E-state index contributed by atoms with van der Waals surface area (Å²) in [6.07, 6.45) is -9.54. The lowest BCUT2D eigenvalue weighted by Gasteiger charge is -2.16. The average Bonchev–Trinajstić information content (AvgIpc) is 2.60. The van der Waals surface area contributed by atoms with Crippen molar-refractivity contribution in [2.75, 3.05) is 24.4 Å². The number of hydrogen-bond donors (Lipinski definition) is 3. The molecule has 1 aromatic carbocycles. The van der Waals surface area contributed by atoms with Crippen LogP contribution in [0.2, 0.25) is 0 Å². The van der Waals surface area contributed by atoms with Gasteiger partial charge in [0.15, 0.2) is 5.69 Å². The Bertz CT molecular complexity index is 826. The third-order valence-electron chi connectivity index (χ3n) is 3.44. The number of methoxy groups -OCH3 is 1. The van der Waals surface area contributed by atoms with Gasteiger partial charge in [-0.3, -0.25) is 0 Å². The zero-order chi connectivity index (χ0) is 21.1. The van der Waals surface area contributed by atoms with Crippen molar-refractivity contribution in [1.82, 2.24) is 9.97 Å². The van der Waals surface area contributed by atoms with Crippen molar-refractivity contribution in [1.29, 1.82) is 0 Å². The summed E-state index contributed by atoms with van der Waals surface area (Å²) >= 11 is 0. The van der Waals surface area contributed by atoms with Crippen molar-refractivity contribution in [3.8, 4) is 5.75 Å². The normalized spacial score (nSPS) is 13.2. The van der Waals surface area contributed by atoms with E-state index in [0.29, 0.717) is 12.1 Å². The maximum Gasteiger partial charge on any atom is 0.433 e. The highest BCUT2D eigenvalue weighted by molar-refractivity contribution is 5.61. The molecule has 0 aliphatic carbocycles. The van der Waals surface area contributed by atoms with Crippen LogP contribution in [0.3, 0.4) is 0 Å². The van der Waals surface area contributed by atoms with Gasteiger partial charge in [0.2, 0.25) is 5.95 Å². The van der Waals surface area contributed by atoms with Crippen molar-refractivity contribution in [3.63, 3.8) is 0 Å². The summed E-state index contributed by atoms with van der Waals surface area (Å²) in [6.45, 7) is 1.09. The van der Waals surface area contributed by atoms with E-state index in [0.717, 1.165) is 13.2 Å². The molecule has 0 saturated carbocycles. The highest BCUT2D eigenvalue weighted by Crippen LogP contribution is 2.38. The van der Waals surface area contributed by atoms with Crippen molar-refractivity contribution in [2.45, 2.75) is 25.3 Å². The van der Waals surface area contributed by atoms with Crippen LogP contribution in [0.4, 0.5) is 43.8 Å². The quantitative estimate of drug-likeness (QED) is 0.624. The molecule has 1 atom stereocenters. The van der Waals surface area contributed by atoms with E-state index in [-0.39, 0.29) is 11.5 Å². The molecule has 0 spiro atoms. The Morgan fingerprint density at radius 1 is 1.07 bits per heavy atom. The Morgan fingerprint density at radius 2 is 1.75 bits per heavy atom. The fraction of sp³-hybridized carbons (Fsp3) is 0.375. The minimum atomic E-state index is -4.81. The highest BCUT2D eigenvalue weighted by Gasteiger charge is 2.35. The van der Waals surface area contributed by atoms with Gasteiger partial charge in [0, 0.05) is 17.8 Å². The van der Waals surface area contributed by atoms with Gasteiger partial charge in [-0.15, -0.1) is 0 Å². The summed E-state index contributed by atoms with van der Waals surface area (Å²) in [5, 5.41) is 13.9. The molecule has 0 bridgehead atoms. The van der Waals surface area contributed by atoms with Crippen molar-refractivity contribution < 1.29 is 36.2 Å². The predicted molar refractivity (Wildman–Crippen MR) is 88.5 cm³/mol. The molecule has 3 N–H and O–H groups in total. The summed E-state index contributed by atoms with van der Waals surface area (Å²) in [7, 11) is 1.07. The number of halogens is 6. The molecule has 0 unspecified atom stereocenters. The second kappa shape index (κ2) is 8.09. The first-order valence-corrected chi connectivity index (χ1v) is 7.80. The number of aromatic nitrogens is 2. The zero-order valence-corrected chi connectivity index (χ0v) is 14.6. The van der Waals surface area contributed by atoms with Gasteiger partial charge in [-0.05, 0) is 25.1 Å². The lowest BCUT2D eigenvalue weighted by atomic mass is 10.1. The Hall–Kier alpha value is -2.76. The first kappa shape index (κ1) is 21.5. The molecular formula is C16H16F6N4O2. The Balaban J connectivity index is 2.43. The molecule has 0 radical (unpaired) electrons. The van der Waals surface area contributed by atoms with Crippen LogP contribution in [0.1, 0.15) is 18.2 Å². The molecule has 1 heterocycles. The minimum Gasteiger partial charge on any atom is -0.496 e. The van der Waals surface area contributed by atoms with Crippen LogP contribution in [0, 0.1) is 0 Å². The molecule has 2 aromatic rings. The number of aliphatic hydroxyl groups excluding tert-OH is 1. The van der Waals surface area contributed by atoms with Gasteiger partial charge in [-0.2, -0.15) is 31.3 Å². The molecular weight excluding hydrogens is 394 g/mol. The molecule has 0 aliphatic heterocycles. The Morgan fingerprint density at radius 3 is 2.29 bits per heavy atom. The summed E-state index contributed by atoms with van der Waals surface area (Å²) in [4.78, 5) is 7.13. The van der Waals surface area contributed by atoms with Gasteiger partial charge < -0.3 is 20.5 Å². The molecule has 0 fully saturated rings. The summed E-state index contributed by atoms with van der Waals surface area (Å²) in [5.74, 6) is -1.26. The van der Waals surface area contributed by atoms with E-state index in [1.807, 2.05) is 0 Å². The van der Waals surface area contributed by atoms with E-state index in [9.17, 15) is 26.3 Å². The molecule has 0 amide bonds. The first-order valence-electron chi connectivity index (χ1n) is 7.80. The van der Waals surface area contributed by atoms with Gasteiger partial charge in [0.1, 0.15) is 11.6 Å². The second-order valence-corrected chi connectivity index (χ2v) is 5.73. The maximum absolute atomic E-state index is 13.1. The zero-order valence-electron chi connectivity index (χ0n) is 14.6. The molecule has 12 heteroatoms. The molecule has 154 valence electrons. The lowest BCUT2D eigenvalue weighted by molar-refractivity contribution is -0.141. The van der Waals surface area contributed by atoms with E-state index in [1.54, 1.807) is 0 Å². The first-order chi connectivity index (χ1) is 12.9. The van der Waals surface area contributed by atoms with Crippen LogP contribution < -0.4 is 15.4 Å². The number of hydrogen-bond acceptors (Lipinski definition) is 6. The van der Waals surface area contributed by atoms with Crippen LogP contribution in [0.5, 0.6) is 5.75 Å². The fourth-order valence-electron chi connectivity index (χ4n) is 2.14. The van der Waals surface area contributed by atoms with Gasteiger partial charge >= 0.3 is 12.4 Å². The van der Waals surface area contributed by atoms with Gasteiger partial charge in [0.25, 0.3) is 0 Å². The van der Waals surface area contributed by atoms with Crippen LogP contribution in [0.25, 0.3) is 0 Å². The summed E-state index contributed by atoms with van der Waals surface area (Å²) in [5.41, 5.74) is -2.55. The van der Waals surface area contributed by atoms with E-state index in [4.69, 9.17) is 5.11 Å². The van der Waals surface area contributed by atoms with E-state index in [2.05, 4.69) is 25.3 Å². The predicted octanol–water partition coefficient (Wildman–Crippen LogP) is 4.06. The molecule has 0 aliphatic rings. The number of nitrogens with zero attached hydrogens (tertiary/aromatic N) is 2. The third-order valence-corrected chi connectivity index (χ3v) is 3.44. The SMILES string of the molecule is COc1ccc(Nc2cc(C(F)(F)F)nc(N[C@@H](C)CO)n2)cc1C(F)(F)F. The van der Waals surface area contributed by atoms with Crippen LogP contribution in [-0.4, -0.2) is 34.8 Å². The van der Waals surface area contributed by atoms with Crippen LogP contribution in [-0.2, 0) is 12.4 Å². The number of anilines is 3. The van der Waals surface area contributed by atoms with Crippen molar-refractivity contribution >= 4 is 17.5 Å².